The van der Waals surface area contributed by atoms with Crippen molar-refractivity contribution in [1.82, 2.24) is 5.32 Å². The summed E-state index contributed by atoms with van der Waals surface area (Å²) in [5.74, 6) is -0.963. The molecule has 0 unspecified atom stereocenters. The lowest BCUT2D eigenvalue weighted by Gasteiger charge is -2.27. The Hall–Kier alpha value is -3.03. The normalized spacial score (nSPS) is 21.0. The average molecular weight is 360 g/mol. The van der Waals surface area contributed by atoms with E-state index in [4.69, 9.17) is 19.9 Å². The second kappa shape index (κ2) is 6.36. The maximum Gasteiger partial charge on any atom is 0.337 e. The van der Waals surface area contributed by atoms with E-state index in [0.29, 0.717) is 28.3 Å². The summed E-state index contributed by atoms with van der Waals surface area (Å²) >= 11 is 0. The molecular formula is C18H20N2O6. The molecule has 0 saturated carbocycles. The van der Waals surface area contributed by atoms with E-state index in [0.717, 1.165) is 0 Å². The lowest BCUT2D eigenvalue weighted by atomic mass is 9.82. The largest absolute Gasteiger partial charge is 0.493 e. The Kier molecular flexibility index (Phi) is 4.35. The van der Waals surface area contributed by atoms with Crippen LogP contribution in [0.25, 0.3) is 0 Å². The number of primary amides is 1. The Balaban J connectivity index is 2.00. The molecule has 2 aliphatic rings. The Morgan fingerprint density at radius 1 is 1.35 bits per heavy atom. The molecule has 0 radical (unpaired) electrons. The molecule has 0 aliphatic carbocycles. The number of benzene rings is 1. The van der Waals surface area contributed by atoms with Gasteiger partial charge < -0.3 is 25.3 Å². The van der Waals surface area contributed by atoms with E-state index in [9.17, 15) is 14.4 Å². The van der Waals surface area contributed by atoms with Crippen molar-refractivity contribution in [2.75, 3.05) is 13.7 Å². The van der Waals surface area contributed by atoms with E-state index in [-0.39, 0.29) is 18.9 Å². The van der Waals surface area contributed by atoms with Gasteiger partial charge in [-0.05, 0) is 31.5 Å². The van der Waals surface area contributed by atoms with Crippen molar-refractivity contribution in [3.63, 3.8) is 0 Å². The van der Waals surface area contributed by atoms with Gasteiger partial charge in [-0.1, -0.05) is 6.07 Å². The van der Waals surface area contributed by atoms with Gasteiger partial charge in [-0.25, -0.2) is 4.79 Å². The zero-order chi connectivity index (χ0) is 19.1. The molecule has 1 aromatic carbocycles. The van der Waals surface area contributed by atoms with Crippen LogP contribution in [0, 0.1) is 0 Å². The predicted octanol–water partition coefficient (Wildman–Crippen LogP) is 0.752. The summed E-state index contributed by atoms with van der Waals surface area (Å²) in [6.45, 7) is 3.19. The number of hydrogen-bond acceptors (Lipinski definition) is 6. The number of ether oxygens (including phenoxy) is 3. The van der Waals surface area contributed by atoms with Crippen molar-refractivity contribution >= 4 is 17.8 Å². The predicted molar refractivity (Wildman–Crippen MR) is 90.4 cm³/mol. The minimum atomic E-state index is -0.880. The van der Waals surface area contributed by atoms with Crippen molar-refractivity contribution in [1.29, 1.82) is 0 Å². The van der Waals surface area contributed by atoms with E-state index >= 15 is 0 Å². The molecule has 1 atom stereocenters. The van der Waals surface area contributed by atoms with E-state index in [1.54, 1.807) is 32.0 Å². The maximum absolute atomic E-state index is 12.4. The summed E-state index contributed by atoms with van der Waals surface area (Å²) < 4.78 is 16.0. The highest BCUT2D eigenvalue weighted by Gasteiger charge is 2.47. The monoisotopic (exact) mass is 360 g/mol. The molecule has 0 spiro atoms. The van der Waals surface area contributed by atoms with Gasteiger partial charge in [0.2, 0.25) is 5.91 Å². The highest BCUT2D eigenvalue weighted by Crippen LogP contribution is 2.44. The number of nitrogens with one attached hydrogen (secondary N) is 1. The number of nitrogens with two attached hydrogens (primary N) is 1. The third kappa shape index (κ3) is 3.10. The Morgan fingerprint density at radius 3 is 2.73 bits per heavy atom. The second-order valence-electron chi connectivity index (χ2n) is 6.66. The molecule has 0 bridgehead atoms. The standard InChI is InChI=1S/C18H20N2O6/c1-18(2)16-15(17(23)26-18)10(7-14(22)20-16)9-4-5-11(12(6-9)24-3)25-8-13(19)21/h4-6,10H,7-8H2,1-3H3,(H2,19,21)(H,20,22)/t10-/m0/s1. The fourth-order valence-electron chi connectivity index (χ4n) is 3.23. The van der Waals surface area contributed by atoms with Crippen LogP contribution in [0.5, 0.6) is 11.5 Å². The summed E-state index contributed by atoms with van der Waals surface area (Å²) in [5.41, 5.74) is 5.86. The number of amides is 2. The number of hydrogen-bond donors (Lipinski definition) is 2. The van der Waals surface area contributed by atoms with Gasteiger partial charge >= 0.3 is 5.97 Å². The molecule has 8 heteroatoms. The quantitative estimate of drug-likeness (QED) is 0.749. The molecule has 2 heterocycles. The fourth-order valence-corrected chi connectivity index (χ4v) is 3.23. The van der Waals surface area contributed by atoms with Crippen LogP contribution in [-0.2, 0) is 19.1 Å². The van der Waals surface area contributed by atoms with Gasteiger partial charge in [0.1, 0.15) is 5.60 Å². The molecule has 26 heavy (non-hydrogen) atoms. The van der Waals surface area contributed by atoms with Gasteiger partial charge in [0.05, 0.1) is 18.4 Å². The molecule has 1 aromatic rings. The third-order valence-corrected chi connectivity index (χ3v) is 4.40. The first-order chi connectivity index (χ1) is 12.2. The smallest absolute Gasteiger partial charge is 0.337 e. The van der Waals surface area contributed by atoms with Crippen LogP contribution in [0.1, 0.15) is 31.7 Å². The van der Waals surface area contributed by atoms with Crippen molar-refractivity contribution in [2.24, 2.45) is 5.73 Å². The van der Waals surface area contributed by atoms with E-state index in [2.05, 4.69) is 5.32 Å². The summed E-state index contributed by atoms with van der Waals surface area (Å²) in [4.78, 5) is 35.4. The number of esters is 1. The van der Waals surface area contributed by atoms with Crippen LogP contribution in [0.2, 0.25) is 0 Å². The number of methoxy groups -OCH3 is 1. The molecule has 3 N–H and O–H groups in total. The van der Waals surface area contributed by atoms with Crippen LogP contribution in [0.15, 0.2) is 29.5 Å². The fraction of sp³-hybridized carbons (Fsp3) is 0.389. The van der Waals surface area contributed by atoms with Crippen LogP contribution < -0.4 is 20.5 Å². The molecule has 0 fully saturated rings. The number of rotatable bonds is 5. The number of cyclic esters (lactones) is 1. The molecule has 2 aliphatic heterocycles. The van der Waals surface area contributed by atoms with Crippen LogP contribution in [-0.4, -0.2) is 37.1 Å². The first-order valence-electron chi connectivity index (χ1n) is 8.10. The molecule has 0 saturated heterocycles. The van der Waals surface area contributed by atoms with Crippen LogP contribution >= 0.6 is 0 Å². The van der Waals surface area contributed by atoms with E-state index in [1.807, 2.05) is 0 Å². The Bertz CT molecular complexity index is 827. The van der Waals surface area contributed by atoms with Crippen molar-refractivity contribution < 1.29 is 28.6 Å². The minimum Gasteiger partial charge on any atom is -0.493 e. The Morgan fingerprint density at radius 2 is 2.08 bits per heavy atom. The number of carbonyl (C=O) groups is 3. The summed E-state index contributed by atoms with van der Waals surface area (Å²) in [6, 6.07) is 5.03. The molecule has 2 amide bonds. The molecule has 138 valence electrons. The van der Waals surface area contributed by atoms with Crippen molar-refractivity contribution in [3.05, 3.63) is 35.0 Å². The van der Waals surface area contributed by atoms with Gasteiger partial charge in [0.25, 0.3) is 5.91 Å². The zero-order valence-corrected chi connectivity index (χ0v) is 14.8. The zero-order valence-electron chi connectivity index (χ0n) is 14.8. The van der Waals surface area contributed by atoms with Gasteiger partial charge in [-0.15, -0.1) is 0 Å². The van der Waals surface area contributed by atoms with Gasteiger partial charge in [-0.3, -0.25) is 9.59 Å². The SMILES string of the molecule is COc1cc([C@@H]2CC(=O)NC3=C2C(=O)OC3(C)C)ccc1OCC(N)=O. The van der Waals surface area contributed by atoms with Crippen LogP contribution in [0.4, 0.5) is 0 Å². The second-order valence-corrected chi connectivity index (χ2v) is 6.66. The van der Waals surface area contributed by atoms with E-state index in [1.165, 1.54) is 7.11 Å². The highest BCUT2D eigenvalue weighted by molar-refractivity contribution is 5.99. The average Bonchev–Trinajstić information content (AvgIpc) is 2.81. The minimum absolute atomic E-state index is 0.120. The van der Waals surface area contributed by atoms with Crippen LogP contribution in [0.3, 0.4) is 0 Å². The molecular weight excluding hydrogens is 340 g/mol. The summed E-state index contributed by atoms with van der Waals surface area (Å²) in [6.07, 6.45) is 0.120. The summed E-state index contributed by atoms with van der Waals surface area (Å²) in [5, 5.41) is 2.76. The molecule has 0 aromatic heterocycles. The summed E-state index contributed by atoms with van der Waals surface area (Å²) in [7, 11) is 1.46. The van der Waals surface area contributed by atoms with E-state index < -0.39 is 23.4 Å². The van der Waals surface area contributed by atoms with Gasteiger partial charge in [0.15, 0.2) is 18.1 Å². The molecule has 8 nitrogen and oxygen atoms in total. The lowest BCUT2D eigenvalue weighted by molar-refractivity contribution is -0.144. The third-order valence-electron chi connectivity index (χ3n) is 4.40. The topological polar surface area (TPSA) is 117 Å². The lowest BCUT2D eigenvalue weighted by Crippen LogP contribution is -2.38. The number of carbonyl (C=O) groups excluding carboxylic acids is 3. The van der Waals surface area contributed by atoms with Gasteiger partial charge in [-0.2, -0.15) is 0 Å². The molecule has 3 rings (SSSR count). The maximum atomic E-state index is 12.4. The van der Waals surface area contributed by atoms with Crippen molar-refractivity contribution in [3.8, 4) is 11.5 Å². The first-order valence-corrected chi connectivity index (χ1v) is 8.10. The Labute approximate surface area is 150 Å². The van der Waals surface area contributed by atoms with Crippen molar-refractivity contribution in [2.45, 2.75) is 31.8 Å². The first kappa shape index (κ1) is 17.8. The highest BCUT2D eigenvalue weighted by atomic mass is 16.6. The van der Waals surface area contributed by atoms with Gasteiger partial charge in [0, 0.05) is 12.3 Å².